The van der Waals surface area contributed by atoms with Crippen molar-refractivity contribution in [2.45, 2.75) is 25.3 Å². The molecule has 1 heterocycles. The lowest BCUT2D eigenvalue weighted by Gasteiger charge is -2.26. The number of hydrogen-bond donors (Lipinski definition) is 2. The minimum atomic E-state index is -0.853. The number of carbonyl (C=O) groups is 2. The number of amides is 2. The van der Waals surface area contributed by atoms with Gasteiger partial charge in [-0.15, -0.1) is 12.4 Å². The third-order valence-electron chi connectivity index (χ3n) is 1.64. The van der Waals surface area contributed by atoms with Crippen molar-refractivity contribution in [1.82, 2.24) is 5.32 Å². The second-order valence-electron chi connectivity index (χ2n) is 2.79. The number of piperidine rings is 1. The van der Waals surface area contributed by atoms with E-state index < -0.39 is 5.54 Å². The van der Waals surface area contributed by atoms with Gasteiger partial charge in [-0.25, -0.2) is 0 Å². The maximum absolute atomic E-state index is 10.9. The van der Waals surface area contributed by atoms with Crippen LogP contribution in [0.5, 0.6) is 0 Å². The van der Waals surface area contributed by atoms with Gasteiger partial charge in [-0.05, 0) is 13.3 Å². The van der Waals surface area contributed by atoms with Crippen LogP contribution in [0.25, 0.3) is 0 Å². The maximum Gasteiger partial charge on any atom is 0.246 e. The third kappa shape index (κ3) is 2.77. The highest BCUT2D eigenvalue weighted by molar-refractivity contribution is 6.02. The summed E-state index contributed by atoms with van der Waals surface area (Å²) in [7, 11) is 0. The van der Waals surface area contributed by atoms with Crippen molar-refractivity contribution in [3.8, 4) is 0 Å². The molecule has 5 nitrogen and oxygen atoms in total. The van der Waals surface area contributed by atoms with Crippen LogP contribution in [0.15, 0.2) is 0 Å². The first-order valence-corrected chi connectivity index (χ1v) is 3.15. The molecule has 1 rings (SSSR count). The van der Waals surface area contributed by atoms with Gasteiger partial charge >= 0.3 is 0 Å². The molecule has 0 spiro atoms. The molecule has 0 aromatic carbocycles. The van der Waals surface area contributed by atoms with Crippen molar-refractivity contribution in [2.75, 3.05) is 0 Å². The molecular formula is C6H13ClN2O3. The Kier molecular flexibility index (Phi) is 5.09. The topological polar surface area (TPSA) is 104 Å². The molecule has 1 fully saturated rings. The Labute approximate surface area is 76.4 Å². The molecule has 0 unspecified atom stereocenters. The Bertz CT molecular complexity index is 193. The molecular weight excluding hydrogens is 184 g/mol. The molecule has 0 saturated carbocycles. The van der Waals surface area contributed by atoms with E-state index in [1.165, 1.54) is 0 Å². The summed E-state index contributed by atoms with van der Waals surface area (Å²) in [6.07, 6.45) is 0.788. The lowest BCUT2D eigenvalue weighted by molar-refractivity contribution is -0.137. The summed E-state index contributed by atoms with van der Waals surface area (Å²) < 4.78 is 0. The van der Waals surface area contributed by atoms with Gasteiger partial charge in [0.2, 0.25) is 11.8 Å². The lowest BCUT2D eigenvalue weighted by Crippen LogP contribution is -2.57. The molecule has 12 heavy (non-hydrogen) atoms. The van der Waals surface area contributed by atoms with Crippen molar-refractivity contribution >= 4 is 24.2 Å². The smallest absolute Gasteiger partial charge is 0.246 e. The molecule has 0 aromatic heterocycles. The Balaban J connectivity index is 0. The molecule has 1 aliphatic rings. The van der Waals surface area contributed by atoms with Gasteiger partial charge in [0, 0.05) is 6.42 Å². The van der Waals surface area contributed by atoms with Crippen molar-refractivity contribution < 1.29 is 15.1 Å². The molecule has 0 aromatic rings. The van der Waals surface area contributed by atoms with Crippen molar-refractivity contribution in [2.24, 2.45) is 5.73 Å². The van der Waals surface area contributed by atoms with Gasteiger partial charge in [-0.2, -0.15) is 0 Å². The summed E-state index contributed by atoms with van der Waals surface area (Å²) >= 11 is 0. The van der Waals surface area contributed by atoms with E-state index in [9.17, 15) is 9.59 Å². The number of hydrogen-bond acceptors (Lipinski definition) is 3. The van der Waals surface area contributed by atoms with Gasteiger partial charge in [0.25, 0.3) is 0 Å². The van der Waals surface area contributed by atoms with Crippen LogP contribution >= 0.6 is 12.4 Å². The third-order valence-corrected chi connectivity index (χ3v) is 1.64. The number of imide groups is 1. The monoisotopic (exact) mass is 196 g/mol. The first kappa shape index (κ1) is 13.9. The van der Waals surface area contributed by atoms with E-state index in [4.69, 9.17) is 5.73 Å². The number of nitrogens with two attached hydrogens (primary N) is 1. The van der Waals surface area contributed by atoms with Crippen LogP contribution in [-0.2, 0) is 9.59 Å². The number of rotatable bonds is 0. The van der Waals surface area contributed by atoms with Gasteiger partial charge in [-0.3, -0.25) is 14.9 Å². The van der Waals surface area contributed by atoms with Crippen molar-refractivity contribution in [3.63, 3.8) is 0 Å². The van der Waals surface area contributed by atoms with E-state index in [1.807, 2.05) is 0 Å². The molecule has 72 valence electrons. The van der Waals surface area contributed by atoms with Gasteiger partial charge in [0.15, 0.2) is 0 Å². The minimum absolute atomic E-state index is 0. The van der Waals surface area contributed by atoms with E-state index >= 15 is 0 Å². The minimum Gasteiger partial charge on any atom is -0.412 e. The lowest BCUT2D eigenvalue weighted by atomic mass is 9.93. The van der Waals surface area contributed by atoms with Crippen LogP contribution in [0.2, 0.25) is 0 Å². The van der Waals surface area contributed by atoms with Gasteiger partial charge < -0.3 is 11.2 Å². The molecule has 1 aliphatic heterocycles. The molecule has 5 N–H and O–H groups in total. The van der Waals surface area contributed by atoms with E-state index in [0.29, 0.717) is 12.8 Å². The average Bonchev–Trinajstić information content (AvgIpc) is 1.81. The largest absolute Gasteiger partial charge is 0.412 e. The highest BCUT2D eigenvalue weighted by Crippen LogP contribution is 2.12. The number of carbonyl (C=O) groups excluding carboxylic acids is 2. The summed E-state index contributed by atoms with van der Waals surface area (Å²) in [5.74, 6) is -0.600. The van der Waals surface area contributed by atoms with E-state index in [1.54, 1.807) is 6.92 Å². The summed E-state index contributed by atoms with van der Waals surface area (Å²) in [4.78, 5) is 21.4. The van der Waals surface area contributed by atoms with Crippen LogP contribution in [0.1, 0.15) is 19.8 Å². The SMILES string of the molecule is C[C@]1(N)CCC(=O)NC1=O.Cl.O. The molecule has 0 bridgehead atoms. The Morgan fingerprint density at radius 3 is 2.33 bits per heavy atom. The Hall–Kier alpha value is -0.650. The fraction of sp³-hybridized carbons (Fsp3) is 0.667. The highest BCUT2D eigenvalue weighted by atomic mass is 35.5. The summed E-state index contributed by atoms with van der Waals surface area (Å²) in [6.45, 7) is 1.62. The van der Waals surface area contributed by atoms with Crippen LogP contribution in [0.3, 0.4) is 0 Å². The predicted octanol–water partition coefficient (Wildman–Crippen LogP) is -1.26. The standard InChI is InChI=1S/C6H10N2O2.ClH.H2O/c1-6(7)3-2-4(9)8-5(6)10;;/h2-3,7H2,1H3,(H,8,9,10);1H;1H2/t6-;;/m0../s1. The maximum atomic E-state index is 10.9. The van der Waals surface area contributed by atoms with E-state index in [-0.39, 0.29) is 29.7 Å². The summed E-state index contributed by atoms with van der Waals surface area (Å²) in [5, 5.41) is 2.17. The number of halogens is 1. The van der Waals surface area contributed by atoms with Crippen LogP contribution < -0.4 is 11.1 Å². The van der Waals surface area contributed by atoms with Crippen LogP contribution in [0.4, 0.5) is 0 Å². The normalized spacial score (nSPS) is 28.2. The zero-order chi connectivity index (χ0) is 7.78. The zero-order valence-electron chi connectivity index (χ0n) is 6.72. The zero-order valence-corrected chi connectivity index (χ0v) is 7.53. The van der Waals surface area contributed by atoms with Crippen molar-refractivity contribution in [1.29, 1.82) is 0 Å². The average molecular weight is 197 g/mol. The van der Waals surface area contributed by atoms with Gasteiger partial charge in [0.05, 0.1) is 5.54 Å². The fourth-order valence-corrected chi connectivity index (χ4v) is 0.819. The molecule has 0 aliphatic carbocycles. The molecule has 1 atom stereocenters. The first-order valence-electron chi connectivity index (χ1n) is 3.15. The van der Waals surface area contributed by atoms with Crippen LogP contribution in [0, 0.1) is 0 Å². The fourth-order valence-electron chi connectivity index (χ4n) is 0.819. The quantitative estimate of drug-likeness (QED) is 0.473. The highest BCUT2D eigenvalue weighted by Gasteiger charge is 2.34. The second kappa shape index (κ2) is 4.39. The summed E-state index contributed by atoms with van der Waals surface area (Å²) in [6, 6.07) is 0. The second-order valence-corrected chi connectivity index (χ2v) is 2.79. The van der Waals surface area contributed by atoms with Gasteiger partial charge in [-0.1, -0.05) is 0 Å². The van der Waals surface area contributed by atoms with Crippen molar-refractivity contribution in [3.05, 3.63) is 0 Å². The first-order chi connectivity index (χ1) is 4.52. The van der Waals surface area contributed by atoms with E-state index in [0.717, 1.165) is 0 Å². The Morgan fingerprint density at radius 1 is 1.50 bits per heavy atom. The summed E-state index contributed by atoms with van der Waals surface area (Å²) in [5.41, 5.74) is 4.67. The molecule has 0 radical (unpaired) electrons. The van der Waals surface area contributed by atoms with Gasteiger partial charge in [0.1, 0.15) is 0 Å². The Morgan fingerprint density at radius 2 is 2.00 bits per heavy atom. The number of nitrogens with one attached hydrogen (secondary N) is 1. The molecule has 6 heteroatoms. The van der Waals surface area contributed by atoms with E-state index in [2.05, 4.69) is 5.32 Å². The van der Waals surface area contributed by atoms with Crippen LogP contribution in [-0.4, -0.2) is 22.8 Å². The molecule has 2 amide bonds. The predicted molar refractivity (Wildman–Crippen MR) is 45.8 cm³/mol. The molecule has 1 saturated heterocycles.